The van der Waals surface area contributed by atoms with Crippen molar-refractivity contribution >= 4 is 5.78 Å². The molecule has 5 rings (SSSR count). The van der Waals surface area contributed by atoms with Crippen molar-refractivity contribution in [1.82, 2.24) is 5.32 Å². The fourth-order valence-electron chi connectivity index (χ4n) is 6.37. The molecule has 0 spiro atoms. The lowest BCUT2D eigenvalue weighted by molar-refractivity contribution is -0.171. The van der Waals surface area contributed by atoms with E-state index in [1.807, 2.05) is 24.3 Å². The Morgan fingerprint density at radius 2 is 1.97 bits per heavy atom. The van der Waals surface area contributed by atoms with Crippen molar-refractivity contribution in [2.75, 3.05) is 20.3 Å². The predicted molar refractivity (Wildman–Crippen MR) is 119 cm³/mol. The lowest BCUT2D eigenvalue weighted by atomic mass is 9.49. The van der Waals surface area contributed by atoms with E-state index in [4.69, 9.17) is 14.2 Å². The summed E-state index contributed by atoms with van der Waals surface area (Å²) in [5.74, 6) is 1.83. The van der Waals surface area contributed by atoms with Crippen LogP contribution in [-0.2, 0) is 28.0 Å². The molecule has 164 valence electrons. The zero-order valence-electron chi connectivity index (χ0n) is 18.4. The molecule has 0 unspecified atom stereocenters. The summed E-state index contributed by atoms with van der Waals surface area (Å²) in [5, 5.41) is 3.72. The first-order chi connectivity index (χ1) is 15.1. The fraction of sp³-hybridized carbons (Fsp3) is 0.500. The maximum absolute atomic E-state index is 12.8. The highest BCUT2D eigenvalue weighted by Gasteiger charge is 2.65. The Morgan fingerprint density at radius 1 is 1.13 bits per heavy atom. The van der Waals surface area contributed by atoms with Gasteiger partial charge >= 0.3 is 0 Å². The van der Waals surface area contributed by atoms with Crippen LogP contribution in [0.5, 0.6) is 11.5 Å². The van der Waals surface area contributed by atoms with Crippen LogP contribution in [0, 0.1) is 0 Å². The number of Topliss-reactive ketones (excluding diaryl/α,β-unsaturated/α-hetero) is 1. The average molecular weight is 422 g/mol. The second-order valence-corrected chi connectivity index (χ2v) is 8.99. The molecule has 1 saturated heterocycles. The Balaban J connectivity index is 1.63. The van der Waals surface area contributed by atoms with Gasteiger partial charge in [-0.25, -0.2) is 0 Å². The topological polar surface area (TPSA) is 56.8 Å². The quantitative estimate of drug-likeness (QED) is 0.765. The van der Waals surface area contributed by atoms with E-state index in [0.29, 0.717) is 31.8 Å². The number of methoxy groups -OCH3 is 1. The van der Waals surface area contributed by atoms with Crippen LogP contribution in [0.25, 0.3) is 0 Å². The lowest BCUT2D eigenvalue weighted by Crippen LogP contribution is -2.73. The summed E-state index contributed by atoms with van der Waals surface area (Å²) in [7, 11) is 1.71. The largest absolute Gasteiger partial charge is 0.493 e. The van der Waals surface area contributed by atoms with E-state index in [-0.39, 0.29) is 17.1 Å². The summed E-state index contributed by atoms with van der Waals surface area (Å²) in [6.07, 6.45) is 3.59. The first-order valence-corrected chi connectivity index (χ1v) is 11.4. The van der Waals surface area contributed by atoms with Gasteiger partial charge in [0.15, 0.2) is 11.5 Å². The van der Waals surface area contributed by atoms with E-state index in [9.17, 15) is 4.79 Å². The fourth-order valence-corrected chi connectivity index (χ4v) is 6.37. The van der Waals surface area contributed by atoms with E-state index >= 15 is 0 Å². The van der Waals surface area contributed by atoms with Crippen molar-refractivity contribution in [1.29, 1.82) is 0 Å². The molecule has 0 radical (unpaired) electrons. The number of hydrogen-bond donors (Lipinski definition) is 1. The van der Waals surface area contributed by atoms with Gasteiger partial charge in [0.2, 0.25) is 0 Å². The third-order valence-electron chi connectivity index (χ3n) is 7.54. The van der Waals surface area contributed by atoms with Gasteiger partial charge in [-0.1, -0.05) is 36.4 Å². The second kappa shape index (κ2) is 7.95. The molecular weight excluding hydrogens is 390 g/mol. The van der Waals surface area contributed by atoms with Crippen LogP contribution < -0.4 is 14.8 Å². The van der Waals surface area contributed by atoms with Crippen molar-refractivity contribution in [2.24, 2.45) is 0 Å². The number of ether oxygens (including phenoxy) is 3. The zero-order chi connectivity index (χ0) is 21.5. The molecule has 3 aliphatic rings. The molecule has 0 amide bonds. The number of hydrogen-bond acceptors (Lipinski definition) is 5. The predicted octanol–water partition coefficient (Wildman–Crippen LogP) is 3.96. The molecule has 2 aliphatic carbocycles. The molecule has 5 nitrogen and oxygen atoms in total. The number of nitrogens with one attached hydrogen (secondary N) is 1. The molecule has 3 atom stereocenters. The highest BCUT2D eigenvalue weighted by Crippen LogP contribution is 2.60. The maximum atomic E-state index is 12.8. The Kier molecular flexibility index (Phi) is 5.27. The van der Waals surface area contributed by atoms with Crippen LogP contribution >= 0.6 is 0 Å². The SMILES string of the molecule is CCO[C@@]12CCC(=O)C[C@@]13CCN[C@H]2Cc1ccc(OCc2ccccc2)c(OC)c13. The molecule has 2 fully saturated rings. The highest BCUT2D eigenvalue weighted by molar-refractivity contribution is 5.83. The van der Waals surface area contributed by atoms with Crippen LogP contribution in [0.2, 0.25) is 0 Å². The van der Waals surface area contributed by atoms with Crippen molar-refractivity contribution in [3.8, 4) is 11.5 Å². The van der Waals surface area contributed by atoms with Gasteiger partial charge in [-0.05, 0) is 49.9 Å². The second-order valence-electron chi connectivity index (χ2n) is 8.99. The molecule has 2 aromatic carbocycles. The van der Waals surface area contributed by atoms with Crippen LogP contribution in [0.3, 0.4) is 0 Å². The summed E-state index contributed by atoms with van der Waals surface area (Å²) in [6.45, 7) is 4.05. The molecule has 2 bridgehead atoms. The third-order valence-corrected chi connectivity index (χ3v) is 7.54. The minimum absolute atomic E-state index is 0.211. The number of rotatable bonds is 6. The summed E-state index contributed by atoms with van der Waals surface area (Å²) < 4.78 is 18.9. The molecule has 1 N–H and O–H groups in total. The van der Waals surface area contributed by atoms with Gasteiger partial charge in [0, 0.05) is 36.5 Å². The van der Waals surface area contributed by atoms with Crippen LogP contribution in [0.15, 0.2) is 42.5 Å². The molecule has 1 heterocycles. The number of fused-ring (bicyclic) bond motifs is 1. The van der Waals surface area contributed by atoms with Gasteiger partial charge in [0.05, 0.1) is 12.7 Å². The normalized spacial score (nSPS) is 29.1. The Labute approximate surface area is 184 Å². The molecule has 0 aromatic heterocycles. The monoisotopic (exact) mass is 421 g/mol. The zero-order valence-corrected chi connectivity index (χ0v) is 18.4. The number of carbonyl (C=O) groups is 1. The smallest absolute Gasteiger partial charge is 0.164 e. The Bertz CT molecular complexity index is 975. The minimum atomic E-state index is -0.383. The lowest BCUT2D eigenvalue weighted by Gasteiger charge is -2.62. The van der Waals surface area contributed by atoms with Gasteiger partial charge < -0.3 is 19.5 Å². The number of ketones is 1. The van der Waals surface area contributed by atoms with E-state index in [2.05, 4.69) is 30.4 Å². The first-order valence-electron chi connectivity index (χ1n) is 11.4. The Morgan fingerprint density at radius 3 is 2.74 bits per heavy atom. The van der Waals surface area contributed by atoms with Gasteiger partial charge in [0.1, 0.15) is 12.4 Å². The van der Waals surface area contributed by atoms with Gasteiger partial charge in [-0.3, -0.25) is 4.79 Å². The third kappa shape index (κ3) is 3.09. The van der Waals surface area contributed by atoms with Gasteiger partial charge in [-0.15, -0.1) is 0 Å². The molecule has 2 aromatic rings. The van der Waals surface area contributed by atoms with Crippen LogP contribution in [0.4, 0.5) is 0 Å². The van der Waals surface area contributed by atoms with Crippen molar-refractivity contribution in [2.45, 2.75) is 62.7 Å². The van der Waals surface area contributed by atoms with Crippen molar-refractivity contribution in [3.05, 3.63) is 59.2 Å². The molecule has 5 heteroatoms. The van der Waals surface area contributed by atoms with E-state index in [1.54, 1.807) is 7.11 Å². The summed E-state index contributed by atoms with van der Waals surface area (Å²) >= 11 is 0. The standard InChI is InChI=1S/C26H31NO4/c1-3-31-26-12-11-20(28)16-25(26)13-14-27-22(26)15-19-9-10-21(24(29-2)23(19)25)30-17-18-7-5-4-6-8-18/h4-10,22,27H,3,11-17H2,1-2H3/t22-,25+,26+/m0/s1. The van der Waals surface area contributed by atoms with E-state index in [1.165, 1.54) is 5.56 Å². The first kappa shape index (κ1) is 20.5. The summed E-state index contributed by atoms with van der Waals surface area (Å²) in [4.78, 5) is 12.8. The van der Waals surface area contributed by atoms with E-state index in [0.717, 1.165) is 48.4 Å². The highest BCUT2D eigenvalue weighted by atomic mass is 16.5. The van der Waals surface area contributed by atoms with Crippen LogP contribution in [0.1, 0.15) is 49.3 Å². The van der Waals surface area contributed by atoms with Gasteiger partial charge in [-0.2, -0.15) is 0 Å². The van der Waals surface area contributed by atoms with E-state index < -0.39 is 0 Å². The summed E-state index contributed by atoms with van der Waals surface area (Å²) in [5.41, 5.74) is 2.73. The van der Waals surface area contributed by atoms with Crippen LogP contribution in [-0.4, -0.2) is 37.7 Å². The molecule has 31 heavy (non-hydrogen) atoms. The summed E-state index contributed by atoms with van der Waals surface area (Å²) in [6, 6.07) is 14.5. The Hall–Kier alpha value is -2.37. The number of carbonyl (C=O) groups excluding carboxylic acids is 1. The number of piperidine rings is 1. The molecular formula is C26H31NO4. The molecule has 1 saturated carbocycles. The average Bonchev–Trinajstić information content (AvgIpc) is 2.78. The molecule has 1 aliphatic heterocycles. The number of benzene rings is 2. The maximum Gasteiger partial charge on any atom is 0.164 e. The minimum Gasteiger partial charge on any atom is -0.493 e. The van der Waals surface area contributed by atoms with Crippen molar-refractivity contribution < 1.29 is 19.0 Å². The van der Waals surface area contributed by atoms with Gasteiger partial charge in [0.25, 0.3) is 0 Å². The van der Waals surface area contributed by atoms with Crippen molar-refractivity contribution in [3.63, 3.8) is 0 Å².